The first-order chi connectivity index (χ1) is 6.65. The van der Waals surface area contributed by atoms with Gasteiger partial charge in [0.1, 0.15) is 0 Å². The van der Waals surface area contributed by atoms with Gasteiger partial charge in [-0.2, -0.15) is 0 Å². The third kappa shape index (κ3) is 2.49. The molecule has 4 heteroatoms. The van der Waals surface area contributed by atoms with Gasteiger partial charge in [0.15, 0.2) is 0 Å². The lowest BCUT2D eigenvalue weighted by molar-refractivity contribution is -0.141. The van der Waals surface area contributed by atoms with Gasteiger partial charge < -0.3 is 10.4 Å². The van der Waals surface area contributed by atoms with Crippen LogP contribution in [0.15, 0.2) is 0 Å². The quantitative estimate of drug-likeness (QED) is 0.634. The number of aliphatic carboxylic acids is 1. The van der Waals surface area contributed by atoms with Gasteiger partial charge in [0, 0.05) is 5.92 Å². The van der Waals surface area contributed by atoms with Crippen LogP contribution in [0.5, 0.6) is 0 Å². The van der Waals surface area contributed by atoms with E-state index in [1.54, 1.807) is 0 Å². The molecule has 76 valence electrons. The highest BCUT2D eigenvalue weighted by molar-refractivity contribution is 5.81. The number of carbonyl (C=O) groups is 2. The summed E-state index contributed by atoms with van der Waals surface area (Å²) >= 11 is 0. The SMILES string of the molecule is C#CCNC(=O)[C@H]1CC[C@@H](C(=O)O)C1. The molecule has 0 bridgehead atoms. The normalized spacial score (nSPS) is 25.4. The smallest absolute Gasteiger partial charge is 0.306 e. The van der Waals surface area contributed by atoms with Crippen molar-refractivity contribution in [3.8, 4) is 12.3 Å². The number of rotatable bonds is 3. The van der Waals surface area contributed by atoms with Crippen molar-refractivity contribution >= 4 is 11.9 Å². The molecule has 0 aromatic heterocycles. The van der Waals surface area contributed by atoms with Crippen molar-refractivity contribution in [2.75, 3.05) is 6.54 Å². The third-order valence-electron chi connectivity index (χ3n) is 2.52. The Bertz CT molecular complexity index is 280. The molecule has 0 aromatic rings. The minimum absolute atomic E-state index is 0.119. The average molecular weight is 195 g/mol. The first-order valence-corrected chi connectivity index (χ1v) is 4.59. The van der Waals surface area contributed by atoms with Crippen LogP contribution in [-0.4, -0.2) is 23.5 Å². The van der Waals surface area contributed by atoms with Gasteiger partial charge in [-0.15, -0.1) is 6.42 Å². The van der Waals surface area contributed by atoms with Gasteiger partial charge in [-0.25, -0.2) is 0 Å². The van der Waals surface area contributed by atoms with E-state index in [9.17, 15) is 9.59 Å². The number of carboxylic acid groups (broad SMARTS) is 1. The molecule has 14 heavy (non-hydrogen) atoms. The Hall–Kier alpha value is -1.50. The van der Waals surface area contributed by atoms with Crippen LogP contribution in [0.1, 0.15) is 19.3 Å². The number of carboxylic acids is 1. The van der Waals surface area contributed by atoms with Crippen molar-refractivity contribution in [2.45, 2.75) is 19.3 Å². The average Bonchev–Trinajstić information content (AvgIpc) is 2.62. The first kappa shape index (κ1) is 10.6. The summed E-state index contributed by atoms with van der Waals surface area (Å²) in [7, 11) is 0. The molecule has 2 N–H and O–H groups in total. The van der Waals surface area contributed by atoms with E-state index in [1.165, 1.54) is 0 Å². The van der Waals surface area contributed by atoms with Crippen LogP contribution in [0.25, 0.3) is 0 Å². The Morgan fingerprint density at radius 2 is 2.07 bits per heavy atom. The molecule has 1 aliphatic rings. The van der Waals surface area contributed by atoms with Crippen molar-refractivity contribution in [1.82, 2.24) is 5.32 Å². The minimum atomic E-state index is -0.808. The van der Waals surface area contributed by atoms with E-state index < -0.39 is 5.97 Å². The summed E-state index contributed by atoms with van der Waals surface area (Å²) in [5, 5.41) is 11.3. The fourth-order valence-corrected chi connectivity index (χ4v) is 1.73. The van der Waals surface area contributed by atoms with Crippen molar-refractivity contribution in [1.29, 1.82) is 0 Å². The molecule has 0 unspecified atom stereocenters. The van der Waals surface area contributed by atoms with E-state index >= 15 is 0 Å². The summed E-state index contributed by atoms with van der Waals surface area (Å²) in [5.74, 6) is 0.840. The number of amides is 1. The van der Waals surface area contributed by atoms with Crippen LogP contribution in [0.3, 0.4) is 0 Å². The van der Waals surface area contributed by atoms with Gasteiger partial charge in [-0.05, 0) is 19.3 Å². The van der Waals surface area contributed by atoms with Crippen LogP contribution in [-0.2, 0) is 9.59 Å². The molecule has 1 rings (SSSR count). The maximum atomic E-state index is 11.4. The number of carbonyl (C=O) groups excluding carboxylic acids is 1. The van der Waals surface area contributed by atoms with E-state index in [-0.39, 0.29) is 24.3 Å². The summed E-state index contributed by atoms with van der Waals surface area (Å²) in [6.45, 7) is 0.215. The molecule has 2 atom stereocenters. The van der Waals surface area contributed by atoms with Crippen molar-refractivity contribution in [3.05, 3.63) is 0 Å². The van der Waals surface area contributed by atoms with Gasteiger partial charge >= 0.3 is 5.97 Å². The van der Waals surface area contributed by atoms with Gasteiger partial charge in [0.2, 0.25) is 5.91 Å². The largest absolute Gasteiger partial charge is 0.481 e. The van der Waals surface area contributed by atoms with Crippen molar-refractivity contribution < 1.29 is 14.7 Å². The molecule has 1 saturated carbocycles. The summed E-state index contributed by atoms with van der Waals surface area (Å²) in [4.78, 5) is 22.0. The minimum Gasteiger partial charge on any atom is -0.481 e. The number of nitrogens with one attached hydrogen (secondary N) is 1. The topological polar surface area (TPSA) is 66.4 Å². The third-order valence-corrected chi connectivity index (χ3v) is 2.52. The molecule has 0 aromatic carbocycles. The fraction of sp³-hybridized carbons (Fsp3) is 0.600. The van der Waals surface area contributed by atoms with E-state index in [0.717, 1.165) is 0 Å². The predicted octanol–water partition coefficient (Wildman–Crippen LogP) is 0.237. The van der Waals surface area contributed by atoms with Gasteiger partial charge in [-0.3, -0.25) is 9.59 Å². The van der Waals surface area contributed by atoms with Crippen molar-refractivity contribution in [2.24, 2.45) is 11.8 Å². The van der Waals surface area contributed by atoms with Crippen LogP contribution < -0.4 is 5.32 Å². The molecule has 1 aliphatic carbocycles. The zero-order valence-electron chi connectivity index (χ0n) is 7.82. The van der Waals surface area contributed by atoms with Gasteiger partial charge in [0.05, 0.1) is 12.5 Å². The van der Waals surface area contributed by atoms with Crippen LogP contribution in [0, 0.1) is 24.2 Å². The van der Waals surface area contributed by atoms with Crippen LogP contribution in [0.4, 0.5) is 0 Å². The van der Waals surface area contributed by atoms with E-state index in [4.69, 9.17) is 11.5 Å². The Kier molecular flexibility index (Phi) is 3.52. The van der Waals surface area contributed by atoms with Crippen LogP contribution >= 0.6 is 0 Å². The summed E-state index contributed by atoms with van der Waals surface area (Å²) in [6, 6.07) is 0. The fourth-order valence-electron chi connectivity index (χ4n) is 1.73. The van der Waals surface area contributed by atoms with Crippen molar-refractivity contribution in [3.63, 3.8) is 0 Å². The monoisotopic (exact) mass is 195 g/mol. The van der Waals surface area contributed by atoms with Gasteiger partial charge in [-0.1, -0.05) is 5.92 Å². The maximum absolute atomic E-state index is 11.4. The molecule has 0 aliphatic heterocycles. The molecule has 1 amide bonds. The second kappa shape index (κ2) is 4.66. The lowest BCUT2D eigenvalue weighted by Gasteiger charge is -2.08. The Labute approximate surface area is 82.7 Å². The summed E-state index contributed by atoms with van der Waals surface area (Å²) < 4.78 is 0. The Morgan fingerprint density at radius 1 is 1.43 bits per heavy atom. The standard InChI is InChI=1S/C10H13NO3/c1-2-5-11-9(12)7-3-4-8(6-7)10(13)14/h1,7-8H,3-6H2,(H,11,12)(H,13,14)/t7-,8+/m0/s1. The summed E-state index contributed by atoms with van der Waals surface area (Å²) in [5.41, 5.74) is 0. The molecule has 0 saturated heterocycles. The zero-order chi connectivity index (χ0) is 10.6. The number of hydrogen-bond donors (Lipinski definition) is 2. The number of hydrogen-bond acceptors (Lipinski definition) is 2. The maximum Gasteiger partial charge on any atom is 0.306 e. The second-order valence-corrected chi connectivity index (χ2v) is 3.47. The highest BCUT2D eigenvalue weighted by Gasteiger charge is 2.33. The summed E-state index contributed by atoms with van der Waals surface area (Å²) in [6.07, 6.45) is 6.66. The molecule has 0 heterocycles. The molecule has 1 fully saturated rings. The lowest BCUT2D eigenvalue weighted by atomic mass is 10.0. The lowest BCUT2D eigenvalue weighted by Crippen LogP contribution is -2.29. The molecular weight excluding hydrogens is 182 g/mol. The van der Waals surface area contributed by atoms with E-state index in [2.05, 4.69) is 11.2 Å². The number of terminal acetylenes is 1. The highest BCUT2D eigenvalue weighted by Crippen LogP contribution is 2.30. The second-order valence-electron chi connectivity index (χ2n) is 3.47. The molecular formula is C10H13NO3. The van der Waals surface area contributed by atoms with Gasteiger partial charge in [0.25, 0.3) is 0 Å². The Morgan fingerprint density at radius 3 is 2.57 bits per heavy atom. The van der Waals surface area contributed by atoms with Crippen LogP contribution in [0.2, 0.25) is 0 Å². The molecule has 4 nitrogen and oxygen atoms in total. The first-order valence-electron chi connectivity index (χ1n) is 4.59. The molecule has 0 spiro atoms. The zero-order valence-corrected chi connectivity index (χ0v) is 7.82. The van der Waals surface area contributed by atoms with E-state index in [0.29, 0.717) is 19.3 Å². The van der Waals surface area contributed by atoms with E-state index in [1.807, 2.05) is 0 Å². The molecule has 0 radical (unpaired) electrons. The highest BCUT2D eigenvalue weighted by atomic mass is 16.4. The predicted molar refractivity (Wildman–Crippen MR) is 50.3 cm³/mol. The Balaban J connectivity index is 2.38.